The molecule has 0 atom stereocenters. The number of methoxy groups -OCH3 is 1. The second-order valence-electron chi connectivity index (χ2n) is 5.56. The van der Waals surface area contributed by atoms with Gasteiger partial charge >= 0.3 is 0 Å². The second-order valence-corrected chi connectivity index (χ2v) is 8.56. The third-order valence-corrected chi connectivity index (χ3v) is 6.12. The predicted molar refractivity (Wildman–Crippen MR) is 114 cm³/mol. The van der Waals surface area contributed by atoms with Crippen molar-refractivity contribution in [1.82, 2.24) is 4.98 Å². The minimum absolute atomic E-state index is 0.0961. The number of hydrogen-bond acceptors (Lipinski definition) is 5. The van der Waals surface area contributed by atoms with Crippen LogP contribution in [0.15, 0.2) is 53.6 Å². The quantitative estimate of drug-likeness (QED) is 0.474. The lowest BCUT2D eigenvalue weighted by Gasteiger charge is -2.04. The molecule has 1 aromatic heterocycles. The number of thioether (sulfide) groups is 1. The number of rotatable bonds is 7. The summed E-state index contributed by atoms with van der Waals surface area (Å²) >= 11 is 15.0. The summed E-state index contributed by atoms with van der Waals surface area (Å²) in [5.74, 6) is 1.01. The van der Waals surface area contributed by atoms with Gasteiger partial charge in [-0.3, -0.25) is 4.79 Å². The fourth-order valence-electron chi connectivity index (χ4n) is 2.28. The van der Waals surface area contributed by atoms with Crippen molar-refractivity contribution in [3.05, 3.63) is 69.1 Å². The maximum Gasteiger partial charge on any atom is 0.236 e. The van der Waals surface area contributed by atoms with Crippen LogP contribution in [0.25, 0.3) is 0 Å². The Labute approximate surface area is 175 Å². The molecule has 2 aromatic carbocycles. The summed E-state index contributed by atoms with van der Waals surface area (Å²) in [7, 11) is 1.62. The fraction of sp³-hybridized carbons (Fsp3) is 0.158. The Hall–Kier alpha value is -1.73. The van der Waals surface area contributed by atoms with E-state index in [9.17, 15) is 4.79 Å². The third kappa shape index (κ3) is 5.87. The molecular weight excluding hydrogens is 423 g/mol. The van der Waals surface area contributed by atoms with Crippen LogP contribution in [0.1, 0.15) is 10.4 Å². The van der Waals surface area contributed by atoms with Crippen molar-refractivity contribution < 1.29 is 9.53 Å². The Morgan fingerprint density at radius 1 is 1.22 bits per heavy atom. The van der Waals surface area contributed by atoms with Crippen molar-refractivity contribution in [3.8, 4) is 5.75 Å². The van der Waals surface area contributed by atoms with Crippen molar-refractivity contribution in [3.63, 3.8) is 0 Å². The molecule has 0 aliphatic carbocycles. The van der Waals surface area contributed by atoms with Gasteiger partial charge in [0.15, 0.2) is 5.13 Å². The molecule has 0 saturated carbocycles. The Morgan fingerprint density at radius 3 is 2.70 bits per heavy atom. The van der Waals surface area contributed by atoms with Crippen LogP contribution in [0.4, 0.5) is 5.13 Å². The molecule has 0 aliphatic rings. The van der Waals surface area contributed by atoms with Crippen molar-refractivity contribution in [2.75, 3.05) is 18.2 Å². The van der Waals surface area contributed by atoms with Crippen LogP contribution in [0.3, 0.4) is 0 Å². The van der Waals surface area contributed by atoms with Crippen LogP contribution in [0, 0.1) is 0 Å². The number of carbonyl (C=O) groups is 1. The summed E-state index contributed by atoms with van der Waals surface area (Å²) in [4.78, 5) is 18.4. The lowest BCUT2D eigenvalue weighted by atomic mass is 10.1. The zero-order chi connectivity index (χ0) is 19.2. The highest BCUT2D eigenvalue weighted by Crippen LogP contribution is 2.27. The molecule has 0 unspecified atom stereocenters. The first-order chi connectivity index (χ1) is 13.0. The first kappa shape index (κ1) is 20.0. The van der Waals surface area contributed by atoms with Crippen molar-refractivity contribution in [2.24, 2.45) is 0 Å². The highest BCUT2D eigenvalue weighted by atomic mass is 35.5. The van der Waals surface area contributed by atoms with Crippen molar-refractivity contribution >= 4 is 57.3 Å². The van der Waals surface area contributed by atoms with E-state index in [4.69, 9.17) is 27.9 Å². The SMILES string of the molecule is COc1ccc(SCC(=O)Nc2ncc(Cc3ccc(Cl)cc3Cl)s2)cc1. The Kier molecular flexibility index (Phi) is 7.01. The van der Waals surface area contributed by atoms with Crippen LogP contribution in [0.2, 0.25) is 10.0 Å². The smallest absolute Gasteiger partial charge is 0.236 e. The summed E-state index contributed by atoms with van der Waals surface area (Å²) in [5.41, 5.74) is 0.970. The van der Waals surface area contributed by atoms with Crippen LogP contribution >= 0.6 is 46.3 Å². The number of nitrogens with zero attached hydrogens (tertiary/aromatic N) is 1. The number of ether oxygens (including phenoxy) is 1. The summed E-state index contributed by atoms with van der Waals surface area (Å²) in [5, 5.41) is 4.64. The Bertz CT molecular complexity index is 930. The lowest BCUT2D eigenvalue weighted by molar-refractivity contribution is -0.113. The van der Waals surface area contributed by atoms with Crippen LogP contribution < -0.4 is 10.1 Å². The number of nitrogens with one attached hydrogen (secondary N) is 1. The van der Waals surface area contributed by atoms with Gasteiger partial charge in [-0.2, -0.15) is 0 Å². The normalized spacial score (nSPS) is 10.6. The van der Waals surface area contributed by atoms with E-state index in [2.05, 4.69) is 10.3 Å². The van der Waals surface area contributed by atoms with Gasteiger partial charge in [0.25, 0.3) is 0 Å². The van der Waals surface area contributed by atoms with E-state index >= 15 is 0 Å². The summed E-state index contributed by atoms with van der Waals surface area (Å²) in [6.07, 6.45) is 2.39. The maximum absolute atomic E-state index is 12.1. The topological polar surface area (TPSA) is 51.2 Å². The lowest BCUT2D eigenvalue weighted by Crippen LogP contribution is -2.13. The van der Waals surface area contributed by atoms with E-state index in [0.29, 0.717) is 27.4 Å². The minimum Gasteiger partial charge on any atom is -0.497 e. The third-order valence-electron chi connectivity index (χ3n) is 3.61. The molecule has 1 heterocycles. The monoisotopic (exact) mass is 438 g/mol. The van der Waals surface area contributed by atoms with Crippen molar-refractivity contribution in [1.29, 1.82) is 0 Å². The molecule has 8 heteroatoms. The van der Waals surface area contributed by atoms with Crippen LogP contribution in [-0.2, 0) is 11.2 Å². The standard InChI is InChI=1S/C19H16Cl2N2O2S2/c1-25-14-4-6-15(7-5-14)26-11-18(24)23-19-22-10-16(27-19)8-12-2-3-13(20)9-17(12)21/h2-7,9-10H,8,11H2,1H3,(H,22,23,24). The number of halogens is 2. The molecule has 1 amide bonds. The van der Waals surface area contributed by atoms with E-state index in [1.54, 1.807) is 19.4 Å². The number of carbonyl (C=O) groups excluding carboxylic acids is 1. The maximum atomic E-state index is 12.1. The van der Waals surface area contributed by atoms with Gasteiger partial charge in [0, 0.05) is 32.4 Å². The van der Waals surface area contributed by atoms with E-state index in [1.165, 1.54) is 23.1 Å². The number of amides is 1. The van der Waals surface area contributed by atoms with E-state index < -0.39 is 0 Å². The molecule has 27 heavy (non-hydrogen) atoms. The van der Waals surface area contributed by atoms with Gasteiger partial charge < -0.3 is 10.1 Å². The summed E-state index contributed by atoms with van der Waals surface area (Å²) < 4.78 is 5.12. The van der Waals surface area contributed by atoms with Crippen LogP contribution in [-0.4, -0.2) is 23.8 Å². The van der Waals surface area contributed by atoms with Gasteiger partial charge in [-0.05, 0) is 42.0 Å². The number of thiazole rings is 1. The molecule has 0 spiro atoms. The van der Waals surface area contributed by atoms with Crippen LogP contribution in [0.5, 0.6) is 5.75 Å². The molecule has 0 fully saturated rings. The van der Waals surface area contributed by atoms with Gasteiger partial charge in [-0.15, -0.1) is 23.1 Å². The zero-order valence-corrected chi connectivity index (χ0v) is 17.5. The van der Waals surface area contributed by atoms with Gasteiger partial charge in [-0.25, -0.2) is 4.98 Å². The number of hydrogen-bond donors (Lipinski definition) is 1. The van der Waals surface area contributed by atoms with Gasteiger partial charge in [0.1, 0.15) is 5.75 Å². The van der Waals surface area contributed by atoms with E-state index in [1.807, 2.05) is 36.4 Å². The Morgan fingerprint density at radius 2 is 2.00 bits per heavy atom. The molecule has 0 radical (unpaired) electrons. The van der Waals surface area contributed by atoms with Crippen molar-refractivity contribution in [2.45, 2.75) is 11.3 Å². The molecule has 1 N–H and O–H groups in total. The van der Waals surface area contributed by atoms with E-state index in [-0.39, 0.29) is 5.91 Å². The first-order valence-electron chi connectivity index (χ1n) is 7.99. The summed E-state index contributed by atoms with van der Waals surface area (Å²) in [6.45, 7) is 0. The molecule has 4 nitrogen and oxygen atoms in total. The fourth-order valence-corrected chi connectivity index (χ4v) is 4.30. The molecule has 0 aliphatic heterocycles. The zero-order valence-electron chi connectivity index (χ0n) is 14.4. The molecular formula is C19H16Cl2N2O2S2. The largest absolute Gasteiger partial charge is 0.497 e. The molecule has 3 rings (SSSR count). The first-order valence-corrected chi connectivity index (χ1v) is 10.5. The number of aromatic nitrogens is 1. The second kappa shape index (κ2) is 9.46. The molecule has 0 bridgehead atoms. The molecule has 140 valence electrons. The number of anilines is 1. The molecule has 3 aromatic rings. The highest BCUT2D eigenvalue weighted by Gasteiger charge is 2.10. The van der Waals surface area contributed by atoms with E-state index in [0.717, 1.165) is 21.1 Å². The van der Waals surface area contributed by atoms with Gasteiger partial charge in [-0.1, -0.05) is 29.3 Å². The number of benzene rings is 2. The average Bonchev–Trinajstić information content (AvgIpc) is 3.09. The minimum atomic E-state index is -0.0961. The predicted octanol–water partition coefficient (Wildman–Crippen LogP) is 5.78. The van der Waals surface area contributed by atoms with Gasteiger partial charge in [0.05, 0.1) is 12.9 Å². The average molecular weight is 439 g/mol. The summed E-state index contributed by atoms with van der Waals surface area (Å²) in [6, 6.07) is 13.0. The Balaban J connectivity index is 1.52. The van der Waals surface area contributed by atoms with Gasteiger partial charge in [0.2, 0.25) is 5.91 Å². The molecule has 0 saturated heterocycles. The highest BCUT2D eigenvalue weighted by molar-refractivity contribution is 8.00.